The van der Waals surface area contributed by atoms with Crippen LogP contribution in [0.1, 0.15) is 50.9 Å². The van der Waals surface area contributed by atoms with Crippen molar-refractivity contribution in [1.82, 2.24) is 59.2 Å². The van der Waals surface area contributed by atoms with Gasteiger partial charge in [0.1, 0.15) is 46.6 Å². The first-order valence-electron chi connectivity index (χ1n) is 26.7. The summed E-state index contributed by atoms with van der Waals surface area (Å²) in [5.41, 5.74) is 5.87. The van der Waals surface area contributed by atoms with Crippen molar-refractivity contribution in [2.75, 3.05) is 79.3 Å². The molecule has 0 bridgehead atoms. The van der Waals surface area contributed by atoms with Crippen molar-refractivity contribution < 1.29 is 13.9 Å². The second kappa shape index (κ2) is 23.1. The van der Waals surface area contributed by atoms with Gasteiger partial charge in [-0.05, 0) is 124 Å². The summed E-state index contributed by atoms with van der Waals surface area (Å²) in [4.78, 5) is 45.0. The van der Waals surface area contributed by atoms with E-state index in [1.54, 1.807) is 36.7 Å². The highest BCUT2D eigenvalue weighted by Gasteiger charge is 2.26. The van der Waals surface area contributed by atoms with Crippen LogP contribution in [0.15, 0.2) is 158 Å². The fraction of sp³-hybridized carbons (Fsp3) is 0.267. The summed E-state index contributed by atoms with van der Waals surface area (Å²) in [5, 5.41) is 20.4. The maximum absolute atomic E-state index is 13.8. The predicted octanol–water partition coefficient (Wildman–Crippen LogP) is 9.68. The Morgan fingerprint density at radius 1 is 0.506 bits per heavy atom. The monoisotopic (exact) mass is 1060 g/mol. The van der Waals surface area contributed by atoms with Gasteiger partial charge < -0.3 is 30.9 Å². The first-order valence-corrected chi connectivity index (χ1v) is 26.7. The lowest BCUT2D eigenvalue weighted by molar-refractivity contribution is 0.0344. The van der Waals surface area contributed by atoms with Gasteiger partial charge >= 0.3 is 0 Å². The molecule has 6 aromatic heterocycles. The van der Waals surface area contributed by atoms with Gasteiger partial charge in [-0.15, -0.1) is 0 Å². The molecule has 2 saturated heterocycles. The molecule has 2 aliphatic rings. The molecule has 10 aromatic rings. The van der Waals surface area contributed by atoms with E-state index in [-0.39, 0.29) is 23.7 Å². The molecule has 0 unspecified atom stereocenters. The van der Waals surface area contributed by atoms with E-state index in [1.807, 2.05) is 95.8 Å². The molecule has 402 valence electrons. The molecular formula is C60H62F2N16O. The van der Waals surface area contributed by atoms with Gasteiger partial charge in [0.2, 0.25) is 11.9 Å². The minimum atomic E-state index is -0.723. The molecule has 0 radical (unpaired) electrons. The predicted molar refractivity (Wildman–Crippen MR) is 307 cm³/mol. The fourth-order valence-corrected chi connectivity index (χ4v) is 10.0. The van der Waals surface area contributed by atoms with Crippen LogP contribution >= 0.6 is 0 Å². The van der Waals surface area contributed by atoms with Crippen LogP contribution in [0.3, 0.4) is 0 Å². The van der Waals surface area contributed by atoms with Gasteiger partial charge in [0.25, 0.3) is 0 Å². The summed E-state index contributed by atoms with van der Waals surface area (Å²) in [5.74, 6) is 4.67. The molecular weight excluding hydrogens is 999 g/mol. The molecule has 0 spiro atoms. The molecule has 8 heterocycles. The fourth-order valence-electron chi connectivity index (χ4n) is 10.0. The number of benzene rings is 4. The third-order valence-electron chi connectivity index (χ3n) is 14.0. The van der Waals surface area contributed by atoms with Crippen LogP contribution in [0, 0.1) is 11.6 Å². The topological polar surface area (TPSA) is 179 Å². The highest BCUT2D eigenvalue weighted by atomic mass is 19.1. The van der Waals surface area contributed by atoms with Gasteiger partial charge in [-0.2, -0.15) is 9.97 Å². The van der Waals surface area contributed by atoms with Crippen molar-refractivity contribution in [3.05, 3.63) is 181 Å². The molecule has 4 N–H and O–H groups in total. The summed E-state index contributed by atoms with van der Waals surface area (Å²) >= 11 is 0. The maximum Gasteiger partial charge on any atom is 0.225 e. The number of hydrogen-bond acceptors (Lipinski definition) is 15. The quantitative estimate of drug-likeness (QED) is 0.0808. The van der Waals surface area contributed by atoms with Crippen molar-refractivity contribution >= 4 is 45.9 Å². The number of pyridine rings is 2. The van der Waals surface area contributed by atoms with Gasteiger partial charge in [-0.25, -0.2) is 38.7 Å². The molecule has 2 aliphatic heterocycles. The van der Waals surface area contributed by atoms with Crippen molar-refractivity contribution in [1.29, 1.82) is 0 Å². The molecule has 4 aromatic carbocycles. The molecule has 17 nitrogen and oxygen atoms in total. The van der Waals surface area contributed by atoms with Crippen LogP contribution in [0.4, 0.5) is 32.3 Å². The molecule has 2 fully saturated rings. The van der Waals surface area contributed by atoms with E-state index in [9.17, 15) is 13.9 Å². The third-order valence-corrected chi connectivity index (χ3v) is 14.0. The summed E-state index contributed by atoms with van der Waals surface area (Å²) < 4.78 is 31.5. The van der Waals surface area contributed by atoms with Gasteiger partial charge in [0.05, 0.1) is 28.7 Å². The van der Waals surface area contributed by atoms with E-state index in [0.717, 1.165) is 97.3 Å². The Hall–Kier alpha value is -8.78. The minimum absolute atomic E-state index is 0.00527. The second-order valence-corrected chi connectivity index (χ2v) is 20.4. The number of imidazole rings is 2. The normalized spacial score (nSPS) is 14.9. The Balaban J connectivity index is 0.000000168. The Bertz CT molecular complexity index is 3650. The Morgan fingerprint density at radius 2 is 0.937 bits per heavy atom. The van der Waals surface area contributed by atoms with Crippen molar-refractivity contribution in [3.63, 3.8) is 0 Å². The number of fused-ring (bicyclic) bond motifs is 2. The molecule has 79 heavy (non-hydrogen) atoms. The van der Waals surface area contributed by atoms with Gasteiger partial charge in [-0.1, -0.05) is 60.7 Å². The van der Waals surface area contributed by atoms with Crippen LogP contribution in [-0.2, 0) is 0 Å². The summed E-state index contributed by atoms with van der Waals surface area (Å²) in [6, 6.07) is 44.7. The first kappa shape index (κ1) is 52.3. The van der Waals surface area contributed by atoms with E-state index < -0.39 is 5.60 Å². The number of hydrogen-bond donors (Lipinski definition) is 4. The zero-order valence-electron chi connectivity index (χ0n) is 44.5. The zero-order valence-corrected chi connectivity index (χ0v) is 44.5. The molecule has 12 rings (SSSR count). The minimum Gasteiger partial charge on any atom is -0.389 e. The lowest BCUT2D eigenvalue weighted by Crippen LogP contribution is -2.50. The second-order valence-electron chi connectivity index (χ2n) is 20.4. The lowest BCUT2D eigenvalue weighted by Gasteiger charge is -2.37. The molecule has 0 amide bonds. The van der Waals surface area contributed by atoms with Crippen LogP contribution in [0.5, 0.6) is 0 Å². The van der Waals surface area contributed by atoms with Crippen LogP contribution in [0.2, 0.25) is 0 Å². The number of rotatable bonds is 14. The van der Waals surface area contributed by atoms with Crippen LogP contribution < -0.4 is 25.8 Å². The lowest BCUT2D eigenvalue weighted by atomic mass is 10.1. The van der Waals surface area contributed by atoms with E-state index in [0.29, 0.717) is 53.0 Å². The summed E-state index contributed by atoms with van der Waals surface area (Å²) in [6.45, 7) is 15.4. The smallest absolute Gasteiger partial charge is 0.225 e. The SMILES string of the molecule is C[C@@H](Nc1nccc(-n2c(-c3ccc(F)cc3)nc3nc(N4CCN(CC(C)(C)O)CC4)ccc32)n1)c1ccccc1.C[C@@H](Nc1nccc(-n2c(-c3ccc(F)cc3)nc3nc(N4CCNCC4)ccc32)n1)c1ccccc1. The van der Waals surface area contributed by atoms with Crippen molar-refractivity contribution in [2.45, 2.75) is 45.4 Å². The molecule has 0 aliphatic carbocycles. The highest BCUT2D eigenvalue weighted by molar-refractivity contribution is 5.83. The largest absolute Gasteiger partial charge is 0.389 e. The first-order chi connectivity index (χ1) is 38.4. The van der Waals surface area contributed by atoms with E-state index in [2.05, 4.69) is 78.7 Å². The number of nitrogens with zero attached hydrogens (tertiary/aromatic N) is 13. The number of halogens is 2. The van der Waals surface area contributed by atoms with Crippen molar-refractivity contribution in [3.8, 4) is 34.4 Å². The van der Waals surface area contributed by atoms with E-state index in [4.69, 9.17) is 29.9 Å². The number of nitrogens with one attached hydrogen (secondary N) is 3. The van der Waals surface area contributed by atoms with Crippen LogP contribution in [0.25, 0.3) is 56.7 Å². The third kappa shape index (κ3) is 12.2. The van der Waals surface area contributed by atoms with E-state index >= 15 is 0 Å². The Morgan fingerprint density at radius 3 is 1.37 bits per heavy atom. The van der Waals surface area contributed by atoms with Crippen LogP contribution in [-0.4, -0.2) is 124 Å². The van der Waals surface area contributed by atoms with Gasteiger partial charge in [-0.3, -0.25) is 14.0 Å². The molecule has 0 saturated carbocycles. The number of anilines is 4. The number of aromatic nitrogens is 10. The van der Waals surface area contributed by atoms with Gasteiger partial charge in [0, 0.05) is 82.4 Å². The highest BCUT2D eigenvalue weighted by Crippen LogP contribution is 2.32. The average Bonchev–Trinajstić information content (AvgIpc) is 4.21. The number of aliphatic hydroxyl groups is 1. The Labute approximate surface area is 457 Å². The van der Waals surface area contributed by atoms with E-state index in [1.165, 1.54) is 24.3 Å². The summed E-state index contributed by atoms with van der Waals surface area (Å²) in [7, 11) is 0. The Kier molecular flexibility index (Phi) is 15.3. The molecule has 19 heteroatoms. The zero-order chi connectivity index (χ0) is 54.5. The number of β-amino-alcohol motifs (C(OH)–C–C–N with tert-alkyl or cyclic N) is 1. The average molecular weight is 1060 g/mol. The number of piperazine rings is 2. The standard InChI is InChI=1S/C32H35FN8O.C28H27FN8/c1-22(23-7-5-4-6-8-23)35-31-34-16-15-28(37-31)41-26-13-14-27(40-19-17-39(18-20-40)21-32(2,3)42)36-29(26)38-30(41)24-9-11-25(33)12-10-24;1-19(20-5-3-2-4-6-20)32-28-31-14-13-25(34-28)37-23-11-12-24(36-17-15-30-16-18-36)33-26(23)35-27(37)21-7-9-22(29)10-8-21/h4-16,22,42H,17-21H2,1-3H3,(H,34,35,37);2-14,19,30H,15-18H2,1H3,(H,31,32,34)/t22-;19-/m11/s1. The van der Waals surface area contributed by atoms with Gasteiger partial charge in [0.15, 0.2) is 11.3 Å². The maximum atomic E-state index is 13.8. The summed E-state index contributed by atoms with van der Waals surface area (Å²) in [6.07, 6.45) is 3.45. The van der Waals surface area contributed by atoms with Crippen molar-refractivity contribution in [2.24, 2.45) is 0 Å². The molecule has 2 atom stereocenters.